The normalized spacial score (nSPS) is 15.7. The number of halogens is 1. The molecule has 0 radical (unpaired) electrons. The van der Waals surface area contributed by atoms with Crippen LogP contribution in [0.4, 0.5) is 0 Å². The van der Waals surface area contributed by atoms with E-state index in [0.717, 1.165) is 23.4 Å². The van der Waals surface area contributed by atoms with Crippen LogP contribution in [0.15, 0.2) is 71.5 Å². The minimum Gasteiger partial charge on any atom is -0.337 e. The molecule has 2 aromatic carbocycles. The molecule has 0 bridgehead atoms. The second kappa shape index (κ2) is 8.44. The number of amides is 1. The van der Waals surface area contributed by atoms with Gasteiger partial charge in [0.1, 0.15) is 5.69 Å². The van der Waals surface area contributed by atoms with E-state index in [1.54, 1.807) is 0 Å². The van der Waals surface area contributed by atoms with Crippen molar-refractivity contribution >= 4 is 17.5 Å². The minimum atomic E-state index is -0.220. The summed E-state index contributed by atoms with van der Waals surface area (Å²) in [5.74, 6) is -0.134. The number of carbonyl (C=O) groups is 1. The largest absolute Gasteiger partial charge is 0.337 e. The maximum absolute atomic E-state index is 13.0. The zero-order valence-electron chi connectivity index (χ0n) is 16.9. The monoisotopic (exact) mass is 421 g/mol. The van der Waals surface area contributed by atoms with Gasteiger partial charge in [-0.1, -0.05) is 61.0 Å². The number of benzene rings is 2. The number of aromatic nitrogens is 2. The van der Waals surface area contributed by atoms with Crippen molar-refractivity contribution in [2.24, 2.45) is 0 Å². The minimum absolute atomic E-state index is 0.0127. The fourth-order valence-corrected chi connectivity index (χ4v) is 4.14. The summed E-state index contributed by atoms with van der Waals surface area (Å²) in [4.78, 5) is 27.1. The summed E-state index contributed by atoms with van der Waals surface area (Å²) in [7, 11) is 0. The van der Waals surface area contributed by atoms with Crippen molar-refractivity contribution in [2.75, 3.05) is 13.1 Å². The molecule has 0 aliphatic carbocycles. The molecular formula is C24H24ClN3O2. The van der Waals surface area contributed by atoms with E-state index in [4.69, 9.17) is 11.6 Å². The van der Waals surface area contributed by atoms with Gasteiger partial charge in [0.25, 0.3) is 11.5 Å². The molecular weight excluding hydrogens is 398 g/mol. The lowest BCUT2D eigenvalue weighted by atomic mass is 9.74. The second-order valence-corrected chi connectivity index (χ2v) is 8.50. The number of carbonyl (C=O) groups excluding carboxylic acids is 1. The molecule has 0 unspecified atom stereocenters. The van der Waals surface area contributed by atoms with Crippen LogP contribution in [0.2, 0.25) is 5.02 Å². The summed E-state index contributed by atoms with van der Waals surface area (Å²) < 4.78 is 1.35. The highest BCUT2D eigenvalue weighted by Gasteiger charge is 2.34. The Balaban J connectivity index is 1.48. The molecule has 3 aromatic rings. The summed E-state index contributed by atoms with van der Waals surface area (Å²) >= 11 is 6.17. The highest BCUT2D eigenvalue weighted by molar-refractivity contribution is 6.30. The van der Waals surface area contributed by atoms with Crippen molar-refractivity contribution in [3.63, 3.8) is 0 Å². The van der Waals surface area contributed by atoms with Gasteiger partial charge in [0.05, 0.1) is 6.54 Å². The van der Waals surface area contributed by atoms with Crippen molar-refractivity contribution in [3.8, 4) is 0 Å². The summed E-state index contributed by atoms with van der Waals surface area (Å²) in [6, 6.07) is 20.5. The average Bonchev–Trinajstić information content (AvgIpc) is 2.76. The lowest BCUT2D eigenvalue weighted by Gasteiger charge is -2.39. The van der Waals surface area contributed by atoms with Gasteiger partial charge in [-0.3, -0.25) is 9.59 Å². The molecule has 6 heteroatoms. The molecule has 1 aliphatic heterocycles. The molecule has 30 heavy (non-hydrogen) atoms. The molecule has 0 saturated carbocycles. The topological polar surface area (TPSA) is 55.2 Å². The molecule has 0 spiro atoms. The summed E-state index contributed by atoms with van der Waals surface area (Å²) in [5.41, 5.74) is 2.24. The Labute approximate surface area is 180 Å². The highest BCUT2D eigenvalue weighted by atomic mass is 35.5. The first-order valence-electron chi connectivity index (χ1n) is 10.1. The number of hydrogen-bond donors (Lipinski definition) is 0. The first-order chi connectivity index (χ1) is 14.4. The van der Waals surface area contributed by atoms with Gasteiger partial charge < -0.3 is 4.90 Å². The number of hydrogen-bond acceptors (Lipinski definition) is 3. The van der Waals surface area contributed by atoms with E-state index in [2.05, 4.69) is 18.1 Å². The van der Waals surface area contributed by atoms with Crippen LogP contribution < -0.4 is 5.56 Å². The predicted molar refractivity (Wildman–Crippen MR) is 118 cm³/mol. The maximum atomic E-state index is 13.0. The molecule has 1 aliphatic rings. The Morgan fingerprint density at radius 1 is 1.03 bits per heavy atom. The summed E-state index contributed by atoms with van der Waals surface area (Å²) in [5, 5.41) is 5.08. The molecule has 1 fully saturated rings. The number of piperidine rings is 1. The Kier molecular flexibility index (Phi) is 5.73. The van der Waals surface area contributed by atoms with Crippen molar-refractivity contribution < 1.29 is 4.79 Å². The van der Waals surface area contributed by atoms with Gasteiger partial charge in [-0.2, -0.15) is 5.10 Å². The van der Waals surface area contributed by atoms with E-state index < -0.39 is 0 Å². The predicted octanol–water partition coefficient (Wildman–Crippen LogP) is 4.14. The standard InChI is InChI=1S/C24H24ClN3O2/c1-24(19-8-5-9-20(25)16-19)12-14-27(15-13-24)23(30)21-10-11-22(29)28(26-21)17-18-6-3-2-4-7-18/h2-11,16H,12-15,17H2,1H3. The highest BCUT2D eigenvalue weighted by Crippen LogP contribution is 2.36. The van der Waals surface area contributed by atoms with Gasteiger partial charge >= 0.3 is 0 Å². The smallest absolute Gasteiger partial charge is 0.274 e. The molecule has 1 aromatic heterocycles. The van der Waals surface area contributed by atoms with Gasteiger partial charge in [-0.05, 0) is 47.6 Å². The molecule has 1 amide bonds. The second-order valence-electron chi connectivity index (χ2n) is 8.06. The molecule has 0 atom stereocenters. The molecule has 0 N–H and O–H groups in total. The van der Waals surface area contributed by atoms with Gasteiger partial charge in [0.15, 0.2) is 0 Å². The van der Waals surface area contributed by atoms with Crippen LogP contribution in [0.1, 0.15) is 41.4 Å². The average molecular weight is 422 g/mol. The maximum Gasteiger partial charge on any atom is 0.274 e. The van der Waals surface area contributed by atoms with E-state index in [1.165, 1.54) is 22.4 Å². The Bertz CT molecular complexity index is 1100. The van der Waals surface area contributed by atoms with E-state index in [0.29, 0.717) is 25.3 Å². The van der Waals surface area contributed by atoms with Crippen LogP contribution in [-0.4, -0.2) is 33.7 Å². The number of rotatable bonds is 4. The number of likely N-dealkylation sites (tertiary alicyclic amines) is 1. The van der Waals surface area contributed by atoms with Crippen LogP contribution in [0.3, 0.4) is 0 Å². The van der Waals surface area contributed by atoms with E-state index in [9.17, 15) is 9.59 Å². The lowest BCUT2D eigenvalue weighted by Crippen LogP contribution is -2.44. The first-order valence-corrected chi connectivity index (χ1v) is 10.5. The van der Waals surface area contributed by atoms with Gasteiger partial charge in [-0.25, -0.2) is 4.68 Å². The van der Waals surface area contributed by atoms with Gasteiger partial charge in [-0.15, -0.1) is 0 Å². The quantitative estimate of drug-likeness (QED) is 0.636. The summed E-state index contributed by atoms with van der Waals surface area (Å²) in [6.07, 6.45) is 1.70. The third kappa shape index (κ3) is 4.31. The SMILES string of the molecule is CC1(c2cccc(Cl)c2)CCN(C(=O)c2ccc(=O)n(Cc3ccccc3)n2)CC1. The Hall–Kier alpha value is -2.92. The van der Waals surface area contributed by atoms with Crippen molar-refractivity contribution in [1.82, 2.24) is 14.7 Å². The third-order valence-electron chi connectivity index (χ3n) is 5.94. The molecule has 4 rings (SSSR count). The molecule has 2 heterocycles. The van der Waals surface area contributed by atoms with Gasteiger partial charge in [0, 0.05) is 24.2 Å². The van der Waals surface area contributed by atoms with Crippen molar-refractivity contribution in [3.05, 3.63) is 98.9 Å². The van der Waals surface area contributed by atoms with Crippen LogP contribution in [-0.2, 0) is 12.0 Å². The fraction of sp³-hybridized carbons (Fsp3) is 0.292. The van der Waals surface area contributed by atoms with Crippen molar-refractivity contribution in [2.45, 2.75) is 31.7 Å². The van der Waals surface area contributed by atoms with E-state index in [1.807, 2.05) is 53.4 Å². The third-order valence-corrected chi connectivity index (χ3v) is 6.17. The van der Waals surface area contributed by atoms with E-state index in [-0.39, 0.29) is 16.9 Å². The van der Waals surface area contributed by atoms with Crippen LogP contribution in [0.25, 0.3) is 0 Å². The molecule has 154 valence electrons. The number of nitrogens with zero attached hydrogens (tertiary/aromatic N) is 3. The fourth-order valence-electron chi connectivity index (χ4n) is 3.95. The lowest BCUT2D eigenvalue weighted by molar-refractivity contribution is 0.0667. The zero-order chi connectivity index (χ0) is 21.1. The van der Waals surface area contributed by atoms with Gasteiger partial charge in [0.2, 0.25) is 0 Å². The van der Waals surface area contributed by atoms with E-state index >= 15 is 0 Å². The zero-order valence-corrected chi connectivity index (χ0v) is 17.7. The molecule has 1 saturated heterocycles. The Morgan fingerprint density at radius 3 is 2.47 bits per heavy atom. The van der Waals surface area contributed by atoms with Crippen LogP contribution >= 0.6 is 11.6 Å². The van der Waals surface area contributed by atoms with Crippen molar-refractivity contribution in [1.29, 1.82) is 0 Å². The van der Waals surface area contributed by atoms with Crippen LogP contribution in [0, 0.1) is 0 Å². The van der Waals surface area contributed by atoms with Crippen LogP contribution in [0.5, 0.6) is 0 Å². The summed E-state index contributed by atoms with van der Waals surface area (Å²) in [6.45, 7) is 3.84. The Morgan fingerprint density at radius 2 is 1.77 bits per heavy atom. The first kappa shape index (κ1) is 20.4. The molecule has 5 nitrogen and oxygen atoms in total.